The van der Waals surface area contributed by atoms with Crippen LogP contribution in [0.4, 0.5) is 0 Å². The van der Waals surface area contributed by atoms with Gasteiger partial charge in [0, 0.05) is 12.7 Å². The highest BCUT2D eigenvalue weighted by Crippen LogP contribution is 2.14. The molecule has 0 atom stereocenters. The van der Waals surface area contributed by atoms with Crippen LogP contribution in [0.5, 0.6) is 0 Å². The van der Waals surface area contributed by atoms with Gasteiger partial charge >= 0.3 is 0 Å². The molecule has 0 unspecified atom stereocenters. The molecule has 12 heavy (non-hydrogen) atoms. The van der Waals surface area contributed by atoms with Gasteiger partial charge in [-0.15, -0.1) is 0 Å². The molecule has 1 N–H and O–H groups in total. The van der Waals surface area contributed by atoms with E-state index in [4.69, 9.17) is 0 Å². The van der Waals surface area contributed by atoms with Gasteiger partial charge < -0.3 is 5.32 Å². The SMILES string of the molecule is CNCc1ccnn1C(C)(C)C. The number of hydrogen-bond donors (Lipinski definition) is 1. The Labute approximate surface area is 73.8 Å². The summed E-state index contributed by atoms with van der Waals surface area (Å²) in [5.74, 6) is 0. The standard InChI is InChI=1S/C9H17N3/c1-9(2,3)12-8(7-10-4)5-6-11-12/h5-6,10H,7H2,1-4H3. The maximum absolute atomic E-state index is 4.28. The Morgan fingerprint density at radius 3 is 2.67 bits per heavy atom. The van der Waals surface area contributed by atoms with Crippen LogP contribution >= 0.6 is 0 Å². The van der Waals surface area contributed by atoms with E-state index in [9.17, 15) is 0 Å². The van der Waals surface area contributed by atoms with E-state index in [2.05, 4.69) is 31.2 Å². The Kier molecular flexibility index (Phi) is 2.52. The Hall–Kier alpha value is -0.830. The molecule has 0 amide bonds. The van der Waals surface area contributed by atoms with Gasteiger partial charge in [-0.05, 0) is 33.9 Å². The molecular formula is C9H17N3. The largest absolute Gasteiger partial charge is 0.314 e. The predicted molar refractivity (Wildman–Crippen MR) is 50.0 cm³/mol. The highest BCUT2D eigenvalue weighted by molar-refractivity contribution is 5.02. The van der Waals surface area contributed by atoms with Crippen LogP contribution < -0.4 is 5.32 Å². The van der Waals surface area contributed by atoms with Gasteiger partial charge in [-0.25, -0.2) is 0 Å². The van der Waals surface area contributed by atoms with E-state index >= 15 is 0 Å². The second kappa shape index (κ2) is 3.27. The third-order valence-corrected chi connectivity index (χ3v) is 1.71. The minimum Gasteiger partial charge on any atom is -0.314 e. The summed E-state index contributed by atoms with van der Waals surface area (Å²) in [5.41, 5.74) is 1.31. The monoisotopic (exact) mass is 167 g/mol. The van der Waals surface area contributed by atoms with Gasteiger partial charge in [-0.1, -0.05) is 0 Å². The molecule has 0 radical (unpaired) electrons. The van der Waals surface area contributed by atoms with Crippen LogP contribution in [-0.2, 0) is 12.1 Å². The molecule has 1 heterocycles. The lowest BCUT2D eigenvalue weighted by Gasteiger charge is -2.22. The van der Waals surface area contributed by atoms with Crippen LogP contribution in [0.25, 0.3) is 0 Å². The molecule has 68 valence electrons. The molecule has 0 aliphatic rings. The molecule has 1 aromatic rings. The maximum atomic E-state index is 4.28. The minimum atomic E-state index is 0.0791. The van der Waals surface area contributed by atoms with Crippen molar-refractivity contribution in [2.24, 2.45) is 0 Å². The van der Waals surface area contributed by atoms with E-state index in [0.29, 0.717) is 0 Å². The minimum absolute atomic E-state index is 0.0791. The van der Waals surface area contributed by atoms with Gasteiger partial charge in [0.05, 0.1) is 11.2 Å². The summed E-state index contributed by atoms with van der Waals surface area (Å²) in [7, 11) is 1.94. The molecule has 1 aromatic heterocycles. The molecule has 0 saturated heterocycles. The molecule has 0 aliphatic heterocycles. The highest BCUT2D eigenvalue weighted by Gasteiger charge is 2.16. The first kappa shape index (κ1) is 9.26. The van der Waals surface area contributed by atoms with Crippen LogP contribution in [-0.4, -0.2) is 16.8 Å². The first-order valence-electron chi connectivity index (χ1n) is 4.23. The van der Waals surface area contributed by atoms with Crippen molar-refractivity contribution in [2.45, 2.75) is 32.9 Å². The average molecular weight is 167 g/mol. The van der Waals surface area contributed by atoms with Crippen molar-refractivity contribution in [3.63, 3.8) is 0 Å². The van der Waals surface area contributed by atoms with E-state index in [-0.39, 0.29) is 5.54 Å². The lowest BCUT2D eigenvalue weighted by Crippen LogP contribution is -2.26. The normalized spacial score (nSPS) is 12.0. The number of aromatic nitrogens is 2. The number of rotatable bonds is 2. The van der Waals surface area contributed by atoms with Gasteiger partial charge in [-0.2, -0.15) is 5.10 Å². The molecule has 0 aromatic carbocycles. The van der Waals surface area contributed by atoms with Crippen molar-refractivity contribution in [2.75, 3.05) is 7.05 Å². The van der Waals surface area contributed by atoms with Crippen molar-refractivity contribution < 1.29 is 0 Å². The van der Waals surface area contributed by atoms with Crippen LogP contribution in [0.1, 0.15) is 26.5 Å². The van der Waals surface area contributed by atoms with Gasteiger partial charge in [0.1, 0.15) is 0 Å². The van der Waals surface area contributed by atoms with Crippen LogP contribution in [0.15, 0.2) is 12.3 Å². The maximum Gasteiger partial charge on any atom is 0.0547 e. The summed E-state index contributed by atoms with van der Waals surface area (Å²) in [4.78, 5) is 0. The Balaban J connectivity index is 2.91. The predicted octanol–water partition coefficient (Wildman–Crippen LogP) is 1.36. The molecule has 1 rings (SSSR count). The molecule has 0 saturated carbocycles. The molecule has 0 aliphatic carbocycles. The number of nitrogens with zero attached hydrogens (tertiary/aromatic N) is 2. The molecule has 3 heteroatoms. The second-order valence-corrected chi connectivity index (χ2v) is 3.94. The number of nitrogens with one attached hydrogen (secondary N) is 1. The Morgan fingerprint density at radius 2 is 2.17 bits per heavy atom. The lowest BCUT2D eigenvalue weighted by molar-refractivity contribution is 0.341. The fourth-order valence-electron chi connectivity index (χ4n) is 1.25. The lowest BCUT2D eigenvalue weighted by atomic mass is 10.1. The van der Waals surface area contributed by atoms with E-state index < -0.39 is 0 Å². The van der Waals surface area contributed by atoms with Crippen molar-refractivity contribution in [1.29, 1.82) is 0 Å². The van der Waals surface area contributed by atoms with Gasteiger partial charge in [0.25, 0.3) is 0 Å². The summed E-state index contributed by atoms with van der Waals surface area (Å²) in [6, 6.07) is 2.04. The van der Waals surface area contributed by atoms with Crippen molar-refractivity contribution in [3.05, 3.63) is 18.0 Å². The quantitative estimate of drug-likeness (QED) is 0.720. The van der Waals surface area contributed by atoms with Crippen LogP contribution in [0.2, 0.25) is 0 Å². The molecule has 0 spiro atoms. The second-order valence-electron chi connectivity index (χ2n) is 3.94. The van der Waals surface area contributed by atoms with E-state index in [1.165, 1.54) is 5.69 Å². The van der Waals surface area contributed by atoms with E-state index in [1.807, 2.05) is 24.0 Å². The zero-order valence-electron chi connectivity index (χ0n) is 8.26. The Morgan fingerprint density at radius 1 is 1.50 bits per heavy atom. The molecule has 3 nitrogen and oxygen atoms in total. The first-order chi connectivity index (χ1) is 5.55. The van der Waals surface area contributed by atoms with Crippen molar-refractivity contribution in [1.82, 2.24) is 15.1 Å². The smallest absolute Gasteiger partial charge is 0.0547 e. The topological polar surface area (TPSA) is 29.9 Å². The summed E-state index contributed by atoms with van der Waals surface area (Å²) in [6.07, 6.45) is 1.85. The van der Waals surface area contributed by atoms with Gasteiger partial charge in [0.2, 0.25) is 0 Å². The number of hydrogen-bond acceptors (Lipinski definition) is 2. The van der Waals surface area contributed by atoms with Crippen LogP contribution in [0, 0.1) is 0 Å². The summed E-state index contributed by atoms with van der Waals surface area (Å²) >= 11 is 0. The van der Waals surface area contributed by atoms with E-state index in [0.717, 1.165) is 6.54 Å². The average Bonchev–Trinajstić information content (AvgIpc) is 2.34. The zero-order valence-corrected chi connectivity index (χ0v) is 8.26. The zero-order chi connectivity index (χ0) is 9.19. The Bertz CT molecular complexity index is 245. The van der Waals surface area contributed by atoms with Crippen LogP contribution in [0.3, 0.4) is 0 Å². The third-order valence-electron chi connectivity index (χ3n) is 1.71. The van der Waals surface area contributed by atoms with E-state index in [1.54, 1.807) is 0 Å². The molecule has 0 fully saturated rings. The van der Waals surface area contributed by atoms with Gasteiger partial charge in [-0.3, -0.25) is 4.68 Å². The molecular weight excluding hydrogens is 150 g/mol. The third kappa shape index (κ3) is 1.85. The molecule has 0 bridgehead atoms. The summed E-state index contributed by atoms with van der Waals surface area (Å²) in [5, 5.41) is 7.40. The summed E-state index contributed by atoms with van der Waals surface area (Å²) < 4.78 is 2.05. The van der Waals surface area contributed by atoms with Crippen molar-refractivity contribution in [3.8, 4) is 0 Å². The van der Waals surface area contributed by atoms with Gasteiger partial charge in [0.15, 0.2) is 0 Å². The first-order valence-corrected chi connectivity index (χ1v) is 4.23. The van der Waals surface area contributed by atoms with Crippen molar-refractivity contribution >= 4 is 0 Å². The fraction of sp³-hybridized carbons (Fsp3) is 0.667. The summed E-state index contributed by atoms with van der Waals surface area (Å²) in [6.45, 7) is 7.33. The highest BCUT2D eigenvalue weighted by atomic mass is 15.3. The fourth-order valence-corrected chi connectivity index (χ4v) is 1.25.